The maximum atomic E-state index is 12.5. The van der Waals surface area contributed by atoms with E-state index in [1.807, 2.05) is 13.0 Å². The fourth-order valence-corrected chi connectivity index (χ4v) is 2.26. The summed E-state index contributed by atoms with van der Waals surface area (Å²) >= 11 is 0. The van der Waals surface area contributed by atoms with Gasteiger partial charge >= 0.3 is 18.2 Å². The van der Waals surface area contributed by atoms with E-state index in [2.05, 4.69) is 29.9 Å². The van der Waals surface area contributed by atoms with Gasteiger partial charge in [0.05, 0.1) is 0 Å². The summed E-state index contributed by atoms with van der Waals surface area (Å²) in [7, 11) is 0. The second-order valence-corrected chi connectivity index (χ2v) is 5.88. The SMILES string of the molecule is Cc1cncc(COC(=O)Nc2ncc(-c3noc(C(F)(F)F)n3)cc2C)c1. The number of nitrogens with one attached hydrogen (secondary N) is 1. The molecule has 0 atom stereocenters. The van der Waals surface area contributed by atoms with Crippen molar-refractivity contribution in [3.8, 4) is 11.4 Å². The number of aromatic nitrogens is 4. The number of pyridine rings is 2. The number of ether oxygens (including phenoxy) is 1. The summed E-state index contributed by atoms with van der Waals surface area (Å²) in [5.74, 6) is -1.52. The van der Waals surface area contributed by atoms with Crippen LogP contribution in [0.15, 0.2) is 35.2 Å². The molecule has 0 saturated carbocycles. The maximum Gasteiger partial charge on any atom is 0.471 e. The van der Waals surface area contributed by atoms with Crippen molar-refractivity contribution in [2.24, 2.45) is 0 Å². The van der Waals surface area contributed by atoms with E-state index in [1.54, 1.807) is 19.3 Å². The molecule has 0 aliphatic rings. The summed E-state index contributed by atoms with van der Waals surface area (Å²) < 4.78 is 46.9. The third kappa shape index (κ3) is 4.61. The standard InChI is InChI=1S/C17H14F3N5O3/c1-9-3-11(6-21-5-9)8-27-16(26)24-13-10(2)4-12(7-22-13)14-23-15(28-25-14)17(18,19)20/h3-7H,8H2,1-2H3,(H,22,24,26). The molecule has 0 bridgehead atoms. The average Bonchev–Trinajstić information content (AvgIpc) is 3.12. The Bertz CT molecular complexity index is 1000. The molecule has 3 aromatic rings. The van der Waals surface area contributed by atoms with Gasteiger partial charge in [0.25, 0.3) is 0 Å². The zero-order chi connectivity index (χ0) is 20.3. The van der Waals surface area contributed by atoms with Crippen molar-refractivity contribution in [3.63, 3.8) is 0 Å². The van der Waals surface area contributed by atoms with Gasteiger partial charge in [-0.05, 0) is 37.1 Å². The van der Waals surface area contributed by atoms with Gasteiger partial charge in [-0.2, -0.15) is 18.2 Å². The Labute approximate surface area is 156 Å². The Morgan fingerprint density at radius 3 is 2.64 bits per heavy atom. The Hall–Kier alpha value is -3.50. The van der Waals surface area contributed by atoms with Gasteiger partial charge < -0.3 is 9.26 Å². The zero-order valence-electron chi connectivity index (χ0n) is 14.7. The fourth-order valence-electron chi connectivity index (χ4n) is 2.26. The van der Waals surface area contributed by atoms with E-state index in [-0.39, 0.29) is 23.8 Å². The number of hydrogen-bond donors (Lipinski definition) is 1. The van der Waals surface area contributed by atoms with Crippen molar-refractivity contribution in [3.05, 3.63) is 53.3 Å². The number of carbonyl (C=O) groups excluding carboxylic acids is 1. The van der Waals surface area contributed by atoms with Crippen molar-refractivity contribution < 1.29 is 27.2 Å². The largest absolute Gasteiger partial charge is 0.471 e. The Kier molecular flexibility index (Phi) is 5.25. The minimum atomic E-state index is -4.73. The summed E-state index contributed by atoms with van der Waals surface area (Å²) in [5, 5.41) is 5.76. The molecule has 146 valence electrons. The molecule has 0 spiro atoms. The van der Waals surface area contributed by atoms with Gasteiger partial charge in [-0.3, -0.25) is 10.3 Å². The minimum Gasteiger partial charge on any atom is -0.444 e. The number of hydrogen-bond acceptors (Lipinski definition) is 7. The van der Waals surface area contributed by atoms with Crippen LogP contribution in [-0.2, 0) is 17.5 Å². The molecule has 8 nitrogen and oxygen atoms in total. The second kappa shape index (κ2) is 7.62. The predicted molar refractivity (Wildman–Crippen MR) is 90.0 cm³/mol. The minimum absolute atomic E-state index is 0.0285. The third-order valence-corrected chi connectivity index (χ3v) is 3.53. The van der Waals surface area contributed by atoms with E-state index in [0.29, 0.717) is 5.56 Å². The third-order valence-electron chi connectivity index (χ3n) is 3.53. The second-order valence-electron chi connectivity index (χ2n) is 5.88. The van der Waals surface area contributed by atoms with Gasteiger partial charge in [-0.25, -0.2) is 9.78 Å². The van der Waals surface area contributed by atoms with Crippen molar-refractivity contribution in [2.75, 3.05) is 5.32 Å². The zero-order valence-corrected chi connectivity index (χ0v) is 14.7. The lowest BCUT2D eigenvalue weighted by atomic mass is 10.2. The van der Waals surface area contributed by atoms with Crippen LogP contribution in [0.3, 0.4) is 0 Å². The lowest BCUT2D eigenvalue weighted by molar-refractivity contribution is -0.159. The van der Waals surface area contributed by atoms with E-state index in [0.717, 1.165) is 11.1 Å². The lowest BCUT2D eigenvalue weighted by Gasteiger charge is -2.09. The molecule has 0 unspecified atom stereocenters. The molecule has 11 heteroatoms. The van der Waals surface area contributed by atoms with Crippen molar-refractivity contribution in [1.29, 1.82) is 0 Å². The number of nitrogens with zero attached hydrogens (tertiary/aromatic N) is 4. The van der Waals surface area contributed by atoms with Crippen LogP contribution >= 0.6 is 0 Å². The first-order valence-electron chi connectivity index (χ1n) is 7.94. The van der Waals surface area contributed by atoms with Gasteiger partial charge in [0.1, 0.15) is 12.4 Å². The van der Waals surface area contributed by atoms with Crippen LogP contribution in [-0.4, -0.2) is 26.2 Å². The molecule has 3 heterocycles. The van der Waals surface area contributed by atoms with Crippen molar-refractivity contribution >= 4 is 11.9 Å². The van der Waals surface area contributed by atoms with E-state index < -0.39 is 18.2 Å². The van der Waals surface area contributed by atoms with Crippen LogP contribution in [0.5, 0.6) is 0 Å². The molecule has 3 aromatic heterocycles. The van der Waals surface area contributed by atoms with Gasteiger partial charge in [-0.1, -0.05) is 5.16 Å². The van der Waals surface area contributed by atoms with Crippen LogP contribution in [0.1, 0.15) is 22.6 Å². The van der Waals surface area contributed by atoms with Crippen LogP contribution in [0, 0.1) is 13.8 Å². The highest BCUT2D eigenvalue weighted by Gasteiger charge is 2.38. The molecular weight excluding hydrogens is 379 g/mol. The summed E-state index contributed by atoms with van der Waals surface area (Å²) in [6.07, 6.45) is -0.980. The Morgan fingerprint density at radius 1 is 1.21 bits per heavy atom. The number of alkyl halides is 3. The molecule has 28 heavy (non-hydrogen) atoms. The van der Waals surface area contributed by atoms with Gasteiger partial charge in [0, 0.05) is 29.7 Å². The number of rotatable bonds is 4. The van der Waals surface area contributed by atoms with Crippen LogP contribution in [0.2, 0.25) is 0 Å². The first kappa shape index (κ1) is 19.3. The summed E-state index contributed by atoms with van der Waals surface area (Å²) in [5.41, 5.74) is 2.35. The molecule has 1 N–H and O–H groups in total. The first-order chi connectivity index (χ1) is 13.2. The number of anilines is 1. The highest BCUT2D eigenvalue weighted by atomic mass is 19.4. The number of carbonyl (C=O) groups is 1. The average molecular weight is 393 g/mol. The summed E-state index contributed by atoms with van der Waals surface area (Å²) in [4.78, 5) is 23.2. The molecule has 0 fully saturated rings. The van der Waals surface area contributed by atoms with Gasteiger partial charge in [0.2, 0.25) is 5.82 Å². The Balaban J connectivity index is 1.65. The predicted octanol–water partition coefficient (Wildman–Crippen LogP) is 3.91. The van der Waals surface area contributed by atoms with Crippen LogP contribution < -0.4 is 5.32 Å². The van der Waals surface area contributed by atoms with E-state index in [1.165, 1.54) is 12.3 Å². The van der Waals surface area contributed by atoms with Gasteiger partial charge in [-0.15, -0.1) is 0 Å². The maximum absolute atomic E-state index is 12.5. The van der Waals surface area contributed by atoms with E-state index in [9.17, 15) is 18.0 Å². The molecule has 0 aliphatic carbocycles. The topological polar surface area (TPSA) is 103 Å². The van der Waals surface area contributed by atoms with E-state index >= 15 is 0 Å². The summed E-state index contributed by atoms with van der Waals surface area (Å²) in [6, 6.07) is 3.30. The smallest absolute Gasteiger partial charge is 0.444 e. The van der Waals surface area contributed by atoms with Crippen LogP contribution in [0.4, 0.5) is 23.8 Å². The molecular formula is C17H14F3N5O3. The Morgan fingerprint density at radius 2 is 2.00 bits per heavy atom. The molecule has 3 rings (SSSR count). The lowest BCUT2D eigenvalue weighted by Crippen LogP contribution is -2.15. The van der Waals surface area contributed by atoms with Crippen molar-refractivity contribution in [1.82, 2.24) is 20.1 Å². The normalized spacial score (nSPS) is 11.3. The molecule has 0 aromatic carbocycles. The van der Waals surface area contributed by atoms with Gasteiger partial charge in [0.15, 0.2) is 0 Å². The van der Waals surface area contributed by atoms with Crippen LogP contribution in [0.25, 0.3) is 11.4 Å². The monoisotopic (exact) mass is 393 g/mol. The fraction of sp³-hybridized carbons (Fsp3) is 0.235. The highest BCUT2D eigenvalue weighted by molar-refractivity contribution is 5.84. The number of amides is 1. The molecule has 0 aliphatic heterocycles. The molecule has 1 amide bonds. The summed E-state index contributed by atoms with van der Waals surface area (Å²) in [6.45, 7) is 3.51. The molecule has 0 radical (unpaired) electrons. The van der Waals surface area contributed by atoms with E-state index in [4.69, 9.17) is 4.74 Å². The number of aryl methyl sites for hydroxylation is 2. The van der Waals surface area contributed by atoms with Crippen molar-refractivity contribution in [2.45, 2.75) is 26.6 Å². The number of halogens is 3. The highest BCUT2D eigenvalue weighted by Crippen LogP contribution is 2.29. The molecule has 0 saturated heterocycles. The first-order valence-corrected chi connectivity index (χ1v) is 7.94. The quantitative estimate of drug-likeness (QED) is 0.717.